The van der Waals surface area contributed by atoms with Gasteiger partial charge in [0.2, 0.25) is 0 Å². The summed E-state index contributed by atoms with van der Waals surface area (Å²) in [6, 6.07) is 1.99. The van der Waals surface area contributed by atoms with E-state index < -0.39 is 0 Å². The van der Waals surface area contributed by atoms with E-state index in [9.17, 15) is 4.79 Å². The molecule has 5 nitrogen and oxygen atoms in total. The SMILES string of the molecule is CCCn1nccc1CNCCC(=O)OC. The summed E-state index contributed by atoms with van der Waals surface area (Å²) in [5.41, 5.74) is 1.15. The van der Waals surface area contributed by atoms with Crippen molar-refractivity contribution in [3.8, 4) is 0 Å². The van der Waals surface area contributed by atoms with Crippen LogP contribution in [0.2, 0.25) is 0 Å². The average Bonchev–Trinajstić information content (AvgIpc) is 2.72. The quantitative estimate of drug-likeness (QED) is 0.554. The van der Waals surface area contributed by atoms with Gasteiger partial charge in [0.1, 0.15) is 0 Å². The van der Waals surface area contributed by atoms with Crippen LogP contribution in [0.1, 0.15) is 25.5 Å². The van der Waals surface area contributed by atoms with Crippen molar-refractivity contribution >= 4 is 5.97 Å². The molecule has 1 aromatic rings. The highest BCUT2D eigenvalue weighted by molar-refractivity contribution is 5.69. The van der Waals surface area contributed by atoms with E-state index in [4.69, 9.17) is 0 Å². The highest BCUT2D eigenvalue weighted by atomic mass is 16.5. The van der Waals surface area contributed by atoms with Crippen molar-refractivity contribution in [2.75, 3.05) is 13.7 Å². The first-order valence-electron chi connectivity index (χ1n) is 5.56. The molecule has 0 radical (unpaired) electrons. The lowest BCUT2D eigenvalue weighted by Crippen LogP contribution is -2.20. The smallest absolute Gasteiger partial charge is 0.306 e. The van der Waals surface area contributed by atoms with Gasteiger partial charge in [-0.05, 0) is 12.5 Å². The molecule has 1 heterocycles. The molecule has 0 aliphatic rings. The van der Waals surface area contributed by atoms with E-state index in [1.165, 1.54) is 7.11 Å². The van der Waals surface area contributed by atoms with Crippen LogP contribution in [0, 0.1) is 0 Å². The number of methoxy groups -OCH3 is 1. The predicted molar refractivity (Wildman–Crippen MR) is 60.9 cm³/mol. The minimum atomic E-state index is -0.186. The molecule has 0 atom stereocenters. The number of ether oxygens (including phenoxy) is 1. The summed E-state index contributed by atoms with van der Waals surface area (Å²) in [4.78, 5) is 10.9. The fraction of sp³-hybridized carbons (Fsp3) is 0.636. The Kier molecular flexibility index (Phi) is 5.56. The third-order valence-corrected chi connectivity index (χ3v) is 2.28. The number of rotatable bonds is 7. The fourth-order valence-electron chi connectivity index (χ4n) is 1.43. The number of hydrogen-bond donors (Lipinski definition) is 1. The van der Waals surface area contributed by atoms with Gasteiger partial charge in [-0.1, -0.05) is 6.92 Å². The highest BCUT2D eigenvalue weighted by Gasteiger charge is 2.02. The molecule has 0 amide bonds. The van der Waals surface area contributed by atoms with Crippen molar-refractivity contribution in [3.05, 3.63) is 18.0 Å². The van der Waals surface area contributed by atoms with Crippen molar-refractivity contribution in [2.45, 2.75) is 32.9 Å². The van der Waals surface area contributed by atoms with Crippen LogP contribution in [-0.4, -0.2) is 29.4 Å². The van der Waals surface area contributed by atoms with E-state index in [0.29, 0.717) is 13.0 Å². The van der Waals surface area contributed by atoms with Crippen LogP contribution < -0.4 is 5.32 Å². The molecule has 0 spiro atoms. The number of hydrogen-bond acceptors (Lipinski definition) is 4. The maximum Gasteiger partial charge on any atom is 0.306 e. The first-order valence-corrected chi connectivity index (χ1v) is 5.56. The molecule has 0 fully saturated rings. The Hall–Kier alpha value is -1.36. The minimum Gasteiger partial charge on any atom is -0.469 e. The zero-order chi connectivity index (χ0) is 11.8. The molecule has 0 aliphatic carbocycles. The van der Waals surface area contributed by atoms with E-state index in [-0.39, 0.29) is 5.97 Å². The molecular formula is C11H19N3O2. The van der Waals surface area contributed by atoms with Gasteiger partial charge in [-0.2, -0.15) is 5.10 Å². The Morgan fingerprint density at radius 3 is 3.12 bits per heavy atom. The molecule has 0 saturated heterocycles. The molecular weight excluding hydrogens is 206 g/mol. The van der Waals surface area contributed by atoms with E-state index in [1.807, 2.05) is 10.7 Å². The maximum absolute atomic E-state index is 10.9. The summed E-state index contributed by atoms with van der Waals surface area (Å²) >= 11 is 0. The lowest BCUT2D eigenvalue weighted by atomic mass is 10.3. The van der Waals surface area contributed by atoms with Crippen LogP contribution in [0.5, 0.6) is 0 Å². The van der Waals surface area contributed by atoms with Gasteiger partial charge >= 0.3 is 5.97 Å². The summed E-state index contributed by atoms with van der Waals surface area (Å²) in [6.07, 6.45) is 3.27. The van der Waals surface area contributed by atoms with Gasteiger partial charge in [-0.25, -0.2) is 0 Å². The second kappa shape index (κ2) is 7.00. The van der Waals surface area contributed by atoms with Crippen molar-refractivity contribution in [2.24, 2.45) is 0 Å². The zero-order valence-electron chi connectivity index (χ0n) is 9.90. The second-order valence-electron chi connectivity index (χ2n) is 3.55. The van der Waals surface area contributed by atoms with Gasteiger partial charge in [-0.3, -0.25) is 9.48 Å². The van der Waals surface area contributed by atoms with Gasteiger partial charge < -0.3 is 10.1 Å². The Bertz CT molecular complexity index is 323. The van der Waals surface area contributed by atoms with Crippen molar-refractivity contribution < 1.29 is 9.53 Å². The third-order valence-electron chi connectivity index (χ3n) is 2.28. The summed E-state index contributed by atoms with van der Waals surface area (Å²) in [5.74, 6) is -0.186. The van der Waals surface area contributed by atoms with Gasteiger partial charge in [0, 0.05) is 25.8 Å². The molecule has 1 N–H and O–H groups in total. The summed E-state index contributed by atoms with van der Waals surface area (Å²) in [6.45, 7) is 4.41. The standard InChI is InChI=1S/C11H19N3O2/c1-3-8-14-10(4-7-13-14)9-12-6-5-11(15)16-2/h4,7,12H,3,5-6,8-9H2,1-2H3. The van der Waals surface area contributed by atoms with E-state index in [0.717, 1.165) is 25.2 Å². The normalized spacial score (nSPS) is 10.4. The molecule has 1 rings (SSSR count). The molecule has 0 unspecified atom stereocenters. The lowest BCUT2D eigenvalue weighted by Gasteiger charge is -2.07. The molecule has 16 heavy (non-hydrogen) atoms. The van der Waals surface area contributed by atoms with E-state index in [2.05, 4.69) is 22.1 Å². The Labute approximate surface area is 95.8 Å². The minimum absolute atomic E-state index is 0.186. The highest BCUT2D eigenvalue weighted by Crippen LogP contribution is 1.99. The Morgan fingerprint density at radius 2 is 2.44 bits per heavy atom. The predicted octanol–water partition coefficient (Wildman–Crippen LogP) is 0.946. The molecule has 0 saturated carbocycles. The number of esters is 1. The van der Waals surface area contributed by atoms with Crippen LogP contribution in [-0.2, 0) is 22.6 Å². The molecule has 0 aliphatic heterocycles. The number of aromatic nitrogens is 2. The van der Waals surface area contributed by atoms with Crippen molar-refractivity contribution in [1.82, 2.24) is 15.1 Å². The number of carbonyl (C=O) groups is 1. The largest absolute Gasteiger partial charge is 0.469 e. The monoisotopic (exact) mass is 225 g/mol. The Balaban J connectivity index is 2.26. The second-order valence-corrected chi connectivity index (χ2v) is 3.55. The van der Waals surface area contributed by atoms with Crippen molar-refractivity contribution in [1.29, 1.82) is 0 Å². The number of nitrogens with zero attached hydrogens (tertiary/aromatic N) is 2. The van der Waals surface area contributed by atoms with Crippen LogP contribution in [0.3, 0.4) is 0 Å². The first-order chi connectivity index (χ1) is 7.77. The molecule has 1 aromatic heterocycles. The van der Waals surface area contributed by atoms with E-state index >= 15 is 0 Å². The molecule has 90 valence electrons. The first kappa shape index (κ1) is 12.7. The number of aryl methyl sites for hydroxylation is 1. The average molecular weight is 225 g/mol. The fourth-order valence-corrected chi connectivity index (χ4v) is 1.43. The number of carbonyl (C=O) groups excluding carboxylic acids is 1. The van der Waals surface area contributed by atoms with Crippen LogP contribution in [0.4, 0.5) is 0 Å². The Morgan fingerprint density at radius 1 is 1.62 bits per heavy atom. The zero-order valence-corrected chi connectivity index (χ0v) is 9.90. The maximum atomic E-state index is 10.9. The summed E-state index contributed by atoms with van der Waals surface area (Å²) < 4.78 is 6.53. The molecule has 5 heteroatoms. The van der Waals surface area contributed by atoms with Crippen molar-refractivity contribution in [3.63, 3.8) is 0 Å². The third kappa shape index (κ3) is 4.02. The summed E-state index contributed by atoms with van der Waals surface area (Å²) in [5, 5.41) is 7.41. The topological polar surface area (TPSA) is 56.2 Å². The van der Waals surface area contributed by atoms with Gasteiger partial charge in [0.15, 0.2) is 0 Å². The van der Waals surface area contributed by atoms with Gasteiger partial charge in [0.05, 0.1) is 19.2 Å². The molecule has 0 bridgehead atoms. The summed E-state index contributed by atoms with van der Waals surface area (Å²) in [7, 11) is 1.40. The van der Waals surface area contributed by atoms with Crippen LogP contribution in [0.25, 0.3) is 0 Å². The number of nitrogens with one attached hydrogen (secondary N) is 1. The molecule has 0 aromatic carbocycles. The van der Waals surface area contributed by atoms with Gasteiger partial charge in [0.25, 0.3) is 0 Å². The van der Waals surface area contributed by atoms with E-state index in [1.54, 1.807) is 6.20 Å². The lowest BCUT2D eigenvalue weighted by molar-refractivity contribution is -0.140. The van der Waals surface area contributed by atoms with Crippen LogP contribution >= 0.6 is 0 Å². The van der Waals surface area contributed by atoms with Gasteiger partial charge in [-0.15, -0.1) is 0 Å². The van der Waals surface area contributed by atoms with Crippen LogP contribution in [0.15, 0.2) is 12.3 Å².